The van der Waals surface area contributed by atoms with Crippen LogP contribution in [-0.2, 0) is 17.7 Å². The molecule has 0 aliphatic carbocycles. The maximum absolute atomic E-state index is 5.89. The van der Waals surface area contributed by atoms with Crippen molar-refractivity contribution in [3.8, 4) is 0 Å². The second-order valence-corrected chi connectivity index (χ2v) is 7.21. The van der Waals surface area contributed by atoms with E-state index >= 15 is 0 Å². The second kappa shape index (κ2) is 5.76. The molecule has 1 saturated heterocycles. The third kappa shape index (κ3) is 3.43. The molecule has 0 spiro atoms. The van der Waals surface area contributed by atoms with Crippen LogP contribution >= 0.6 is 0 Å². The van der Waals surface area contributed by atoms with Gasteiger partial charge in [0, 0.05) is 25.8 Å². The minimum Gasteiger partial charge on any atom is -0.378 e. The summed E-state index contributed by atoms with van der Waals surface area (Å²) in [5.74, 6) is 1.12. The van der Waals surface area contributed by atoms with Crippen LogP contribution in [0.2, 0.25) is 0 Å². The van der Waals surface area contributed by atoms with Gasteiger partial charge >= 0.3 is 0 Å². The average Bonchev–Trinajstić information content (AvgIpc) is 2.76. The van der Waals surface area contributed by atoms with E-state index in [1.54, 1.807) is 0 Å². The Bertz CT molecular complexity index is 606. The molecule has 2 aromatic rings. The second-order valence-electron chi connectivity index (χ2n) is 7.21. The van der Waals surface area contributed by atoms with Crippen molar-refractivity contribution in [1.82, 2.24) is 14.5 Å². The molecule has 1 unspecified atom stereocenters. The lowest BCUT2D eigenvalue weighted by Crippen LogP contribution is -2.25. The number of aromatic nitrogens is 3. The number of rotatable bonds is 3. The van der Waals surface area contributed by atoms with Crippen molar-refractivity contribution < 1.29 is 4.74 Å². The van der Waals surface area contributed by atoms with Gasteiger partial charge in [0.25, 0.3) is 0 Å². The summed E-state index contributed by atoms with van der Waals surface area (Å²) in [6, 6.07) is 4.00. The van der Waals surface area contributed by atoms with Gasteiger partial charge in [0.05, 0.1) is 6.10 Å². The predicted octanol–water partition coefficient (Wildman–Crippen LogP) is 3.59. The highest BCUT2D eigenvalue weighted by Gasteiger charge is 2.22. The van der Waals surface area contributed by atoms with Crippen LogP contribution in [-0.4, -0.2) is 27.2 Å². The van der Waals surface area contributed by atoms with E-state index < -0.39 is 0 Å². The number of imidazole rings is 1. The van der Waals surface area contributed by atoms with Crippen molar-refractivity contribution in [2.24, 2.45) is 5.41 Å². The molecule has 0 bridgehead atoms. The van der Waals surface area contributed by atoms with Crippen LogP contribution in [0.1, 0.15) is 45.9 Å². The summed E-state index contributed by atoms with van der Waals surface area (Å²) in [4.78, 5) is 9.35. The summed E-state index contributed by atoms with van der Waals surface area (Å²) < 4.78 is 8.17. The molecular formula is C17H25N3O. The zero-order valence-corrected chi connectivity index (χ0v) is 13.3. The molecule has 0 saturated carbocycles. The number of ether oxygens (including phenoxy) is 1. The summed E-state index contributed by atoms with van der Waals surface area (Å²) in [6.45, 7) is 8.58. The summed E-state index contributed by atoms with van der Waals surface area (Å²) >= 11 is 0. The molecule has 1 aliphatic heterocycles. The van der Waals surface area contributed by atoms with Gasteiger partial charge < -0.3 is 9.30 Å². The van der Waals surface area contributed by atoms with E-state index in [2.05, 4.69) is 30.3 Å². The van der Waals surface area contributed by atoms with Crippen LogP contribution in [0.5, 0.6) is 0 Å². The SMILES string of the molecule is CC(C)(C)Cn1c(CC2CCCCO2)nc2cccnc21. The molecule has 0 amide bonds. The van der Waals surface area contributed by atoms with Gasteiger partial charge in [0.15, 0.2) is 5.65 Å². The van der Waals surface area contributed by atoms with Crippen molar-refractivity contribution in [3.63, 3.8) is 0 Å². The first-order chi connectivity index (χ1) is 10.0. The quantitative estimate of drug-likeness (QED) is 0.866. The minimum absolute atomic E-state index is 0.202. The van der Waals surface area contributed by atoms with Crippen LogP contribution in [0, 0.1) is 5.41 Å². The first-order valence-electron chi connectivity index (χ1n) is 7.95. The Morgan fingerprint density at radius 1 is 1.33 bits per heavy atom. The van der Waals surface area contributed by atoms with E-state index in [9.17, 15) is 0 Å². The van der Waals surface area contributed by atoms with E-state index in [1.165, 1.54) is 12.8 Å². The maximum atomic E-state index is 5.89. The van der Waals surface area contributed by atoms with Crippen LogP contribution in [0.25, 0.3) is 11.2 Å². The zero-order valence-electron chi connectivity index (χ0n) is 13.3. The lowest BCUT2D eigenvalue weighted by atomic mass is 9.96. The van der Waals surface area contributed by atoms with E-state index in [-0.39, 0.29) is 5.41 Å². The molecule has 3 heterocycles. The minimum atomic E-state index is 0.202. The van der Waals surface area contributed by atoms with Gasteiger partial charge in [-0.1, -0.05) is 20.8 Å². The summed E-state index contributed by atoms with van der Waals surface area (Å²) in [6.07, 6.45) is 6.66. The number of hydrogen-bond donors (Lipinski definition) is 0. The largest absolute Gasteiger partial charge is 0.378 e. The first-order valence-corrected chi connectivity index (χ1v) is 7.95. The maximum Gasteiger partial charge on any atom is 0.160 e. The molecule has 0 aromatic carbocycles. The molecule has 1 fully saturated rings. The fourth-order valence-electron chi connectivity index (χ4n) is 2.97. The molecule has 2 aromatic heterocycles. The van der Waals surface area contributed by atoms with E-state index in [0.717, 1.165) is 43.0 Å². The van der Waals surface area contributed by atoms with Gasteiger partial charge in [-0.25, -0.2) is 9.97 Å². The summed E-state index contributed by atoms with van der Waals surface area (Å²) in [7, 11) is 0. The van der Waals surface area contributed by atoms with E-state index in [4.69, 9.17) is 9.72 Å². The standard InChI is InChI=1S/C17H25N3O/c1-17(2,3)12-20-15(11-13-7-4-5-10-21-13)19-14-8-6-9-18-16(14)20/h6,8-9,13H,4-5,7,10-12H2,1-3H3. The van der Waals surface area contributed by atoms with Crippen LogP contribution < -0.4 is 0 Å². The van der Waals surface area contributed by atoms with E-state index in [1.807, 2.05) is 18.3 Å². The Morgan fingerprint density at radius 3 is 2.90 bits per heavy atom. The fraction of sp³-hybridized carbons (Fsp3) is 0.647. The first kappa shape index (κ1) is 14.5. The molecular weight excluding hydrogens is 262 g/mol. The predicted molar refractivity (Wildman–Crippen MR) is 84.3 cm³/mol. The van der Waals surface area contributed by atoms with Gasteiger partial charge in [0.1, 0.15) is 11.3 Å². The third-order valence-corrected chi connectivity index (χ3v) is 3.90. The number of pyridine rings is 1. The Hall–Kier alpha value is -1.42. The van der Waals surface area contributed by atoms with Crippen LogP contribution in [0.4, 0.5) is 0 Å². The van der Waals surface area contributed by atoms with Gasteiger partial charge in [-0.15, -0.1) is 0 Å². The Balaban J connectivity index is 1.93. The topological polar surface area (TPSA) is 39.9 Å². The molecule has 0 radical (unpaired) electrons. The molecule has 1 aliphatic rings. The smallest absolute Gasteiger partial charge is 0.160 e. The molecule has 0 N–H and O–H groups in total. The molecule has 4 nitrogen and oxygen atoms in total. The highest BCUT2D eigenvalue weighted by atomic mass is 16.5. The number of nitrogens with zero attached hydrogens (tertiary/aromatic N) is 3. The molecule has 21 heavy (non-hydrogen) atoms. The van der Waals surface area contributed by atoms with E-state index in [0.29, 0.717) is 6.10 Å². The highest BCUT2D eigenvalue weighted by Crippen LogP contribution is 2.24. The summed E-state index contributed by atoms with van der Waals surface area (Å²) in [5.41, 5.74) is 2.19. The highest BCUT2D eigenvalue weighted by molar-refractivity contribution is 5.71. The Kier molecular flexibility index (Phi) is 3.98. The van der Waals surface area contributed by atoms with Crippen molar-refractivity contribution in [2.45, 2.75) is 59.1 Å². The lowest BCUT2D eigenvalue weighted by Gasteiger charge is -2.24. The van der Waals surface area contributed by atoms with Crippen molar-refractivity contribution in [2.75, 3.05) is 6.61 Å². The normalized spacial score (nSPS) is 20.0. The molecule has 114 valence electrons. The Morgan fingerprint density at radius 2 is 2.19 bits per heavy atom. The van der Waals surface area contributed by atoms with Gasteiger partial charge in [-0.3, -0.25) is 0 Å². The monoisotopic (exact) mass is 287 g/mol. The molecule has 4 heteroatoms. The van der Waals surface area contributed by atoms with Gasteiger partial charge in [-0.05, 0) is 36.8 Å². The van der Waals surface area contributed by atoms with Gasteiger partial charge in [-0.2, -0.15) is 0 Å². The Labute approximate surface area is 126 Å². The van der Waals surface area contributed by atoms with Crippen molar-refractivity contribution in [1.29, 1.82) is 0 Å². The van der Waals surface area contributed by atoms with Crippen LogP contribution in [0.3, 0.4) is 0 Å². The molecule has 3 rings (SSSR count). The van der Waals surface area contributed by atoms with Crippen molar-refractivity contribution >= 4 is 11.2 Å². The van der Waals surface area contributed by atoms with Crippen molar-refractivity contribution in [3.05, 3.63) is 24.2 Å². The number of hydrogen-bond acceptors (Lipinski definition) is 3. The van der Waals surface area contributed by atoms with Crippen LogP contribution in [0.15, 0.2) is 18.3 Å². The van der Waals surface area contributed by atoms with Gasteiger partial charge in [0.2, 0.25) is 0 Å². The zero-order chi connectivity index (χ0) is 14.9. The third-order valence-electron chi connectivity index (χ3n) is 3.90. The number of fused-ring (bicyclic) bond motifs is 1. The fourth-order valence-corrected chi connectivity index (χ4v) is 2.97. The molecule has 1 atom stereocenters. The lowest BCUT2D eigenvalue weighted by molar-refractivity contribution is 0.0150. The average molecular weight is 287 g/mol. The summed E-state index contributed by atoms with van der Waals surface area (Å²) in [5, 5.41) is 0.